The predicted molar refractivity (Wildman–Crippen MR) is 67.3 cm³/mol. The number of nitrogens with zero attached hydrogens (tertiary/aromatic N) is 1. The van der Waals surface area contributed by atoms with Crippen molar-refractivity contribution in [1.29, 1.82) is 0 Å². The SMILES string of the molecule is CCO[C@H]1C[C@H](N(C)S(=O)(=O)C2CC2)C1(C)C. The van der Waals surface area contributed by atoms with Crippen molar-refractivity contribution in [1.82, 2.24) is 4.31 Å². The number of sulfonamides is 1. The minimum absolute atomic E-state index is 0.0767. The maximum Gasteiger partial charge on any atom is 0.217 e. The molecule has 0 spiro atoms. The lowest BCUT2D eigenvalue weighted by molar-refractivity contribution is -0.129. The van der Waals surface area contributed by atoms with E-state index in [4.69, 9.17) is 4.74 Å². The first-order chi connectivity index (χ1) is 7.81. The van der Waals surface area contributed by atoms with Gasteiger partial charge in [0.2, 0.25) is 10.0 Å². The molecule has 0 aliphatic heterocycles. The first kappa shape index (κ1) is 13.3. The summed E-state index contributed by atoms with van der Waals surface area (Å²) in [6.07, 6.45) is 2.67. The van der Waals surface area contributed by atoms with Crippen LogP contribution in [0.5, 0.6) is 0 Å². The van der Waals surface area contributed by atoms with Gasteiger partial charge in [0, 0.05) is 25.1 Å². The molecule has 17 heavy (non-hydrogen) atoms. The van der Waals surface area contributed by atoms with E-state index >= 15 is 0 Å². The summed E-state index contributed by atoms with van der Waals surface area (Å²) in [4.78, 5) is 0. The topological polar surface area (TPSA) is 46.6 Å². The third-order valence-electron chi connectivity index (χ3n) is 4.28. The van der Waals surface area contributed by atoms with Gasteiger partial charge in [-0.05, 0) is 26.2 Å². The van der Waals surface area contributed by atoms with Crippen LogP contribution in [0.1, 0.15) is 40.0 Å². The van der Waals surface area contributed by atoms with Crippen LogP contribution in [0, 0.1) is 5.41 Å². The molecule has 2 fully saturated rings. The van der Waals surface area contributed by atoms with E-state index in [0.717, 1.165) is 19.3 Å². The van der Waals surface area contributed by atoms with Crippen LogP contribution < -0.4 is 0 Å². The molecule has 0 aromatic rings. The van der Waals surface area contributed by atoms with Crippen LogP contribution in [0.25, 0.3) is 0 Å². The van der Waals surface area contributed by atoms with Gasteiger partial charge >= 0.3 is 0 Å². The summed E-state index contributed by atoms with van der Waals surface area (Å²) in [5.74, 6) is 0. The zero-order chi connectivity index (χ0) is 12.8. The highest BCUT2D eigenvalue weighted by Gasteiger charge is 2.54. The second-order valence-corrected chi connectivity index (χ2v) is 8.05. The summed E-state index contributed by atoms with van der Waals surface area (Å²) in [5, 5.41) is -0.116. The minimum Gasteiger partial charge on any atom is -0.378 e. The Morgan fingerprint density at radius 1 is 1.35 bits per heavy atom. The highest BCUT2D eigenvalue weighted by Crippen LogP contribution is 2.47. The molecule has 0 amide bonds. The lowest BCUT2D eigenvalue weighted by atomic mass is 9.64. The van der Waals surface area contributed by atoms with E-state index in [2.05, 4.69) is 13.8 Å². The number of rotatable bonds is 5. The van der Waals surface area contributed by atoms with Gasteiger partial charge in [0.1, 0.15) is 0 Å². The molecule has 2 saturated carbocycles. The van der Waals surface area contributed by atoms with Gasteiger partial charge in [0.25, 0.3) is 0 Å². The van der Waals surface area contributed by atoms with Crippen LogP contribution in [0.4, 0.5) is 0 Å². The van der Waals surface area contributed by atoms with Gasteiger partial charge in [-0.1, -0.05) is 13.8 Å². The van der Waals surface area contributed by atoms with E-state index in [-0.39, 0.29) is 22.8 Å². The zero-order valence-electron chi connectivity index (χ0n) is 11.1. The van der Waals surface area contributed by atoms with Crippen molar-refractivity contribution in [3.63, 3.8) is 0 Å². The smallest absolute Gasteiger partial charge is 0.217 e. The molecule has 4 nitrogen and oxygen atoms in total. The van der Waals surface area contributed by atoms with E-state index in [0.29, 0.717) is 6.61 Å². The second kappa shape index (κ2) is 4.21. The van der Waals surface area contributed by atoms with Gasteiger partial charge in [-0.2, -0.15) is 0 Å². The third kappa shape index (κ3) is 2.13. The van der Waals surface area contributed by atoms with Crippen molar-refractivity contribution in [3.8, 4) is 0 Å². The first-order valence-electron chi connectivity index (χ1n) is 6.40. The van der Waals surface area contributed by atoms with Crippen molar-refractivity contribution in [2.45, 2.75) is 57.4 Å². The van der Waals surface area contributed by atoms with Gasteiger partial charge < -0.3 is 4.74 Å². The molecule has 5 heteroatoms. The van der Waals surface area contributed by atoms with Crippen LogP contribution in [0.2, 0.25) is 0 Å². The van der Waals surface area contributed by atoms with Crippen molar-refractivity contribution >= 4 is 10.0 Å². The lowest BCUT2D eigenvalue weighted by Gasteiger charge is -2.54. The molecule has 0 saturated heterocycles. The molecule has 2 aliphatic rings. The fourth-order valence-electron chi connectivity index (χ4n) is 2.74. The Labute approximate surface area is 104 Å². The third-order valence-corrected chi connectivity index (χ3v) is 6.65. The van der Waals surface area contributed by atoms with Crippen molar-refractivity contribution in [2.75, 3.05) is 13.7 Å². The molecule has 2 aliphatic carbocycles. The quantitative estimate of drug-likeness (QED) is 0.755. The molecule has 0 radical (unpaired) electrons. The average molecular weight is 261 g/mol. The summed E-state index contributed by atoms with van der Waals surface area (Å²) in [6.45, 7) is 6.87. The van der Waals surface area contributed by atoms with E-state index in [1.807, 2.05) is 6.92 Å². The zero-order valence-corrected chi connectivity index (χ0v) is 12.0. The second-order valence-electron chi connectivity index (χ2n) is 5.78. The monoisotopic (exact) mass is 261 g/mol. The Morgan fingerprint density at radius 2 is 1.94 bits per heavy atom. The Morgan fingerprint density at radius 3 is 2.35 bits per heavy atom. The number of ether oxygens (including phenoxy) is 1. The summed E-state index contributed by atoms with van der Waals surface area (Å²) >= 11 is 0. The van der Waals surface area contributed by atoms with Crippen LogP contribution in [-0.2, 0) is 14.8 Å². The fourth-order valence-corrected chi connectivity index (χ4v) is 4.66. The molecule has 0 unspecified atom stereocenters. The minimum atomic E-state index is -3.06. The Balaban J connectivity index is 2.05. The van der Waals surface area contributed by atoms with Crippen molar-refractivity contribution in [2.24, 2.45) is 5.41 Å². The molecule has 2 atom stereocenters. The molecule has 0 aromatic carbocycles. The number of hydrogen-bond donors (Lipinski definition) is 0. The van der Waals surface area contributed by atoms with E-state index in [9.17, 15) is 8.42 Å². The molecule has 2 rings (SSSR count). The number of hydrogen-bond acceptors (Lipinski definition) is 3. The summed E-state index contributed by atoms with van der Waals surface area (Å²) in [7, 11) is -1.33. The Hall–Kier alpha value is -0.130. The van der Waals surface area contributed by atoms with E-state index in [1.54, 1.807) is 11.4 Å². The van der Waals surface area contributed by atoms with Crippen molar-refractivity contribution in [3.05, 3.63) is 0 Å². The first-order valence-corrected chi connectivity index (χ1v) is 7.90. The van der Waals surface area contributed by atoms with E-state index in [1.165, 1.54) is 0 Å². The lowest BCUT2D eigenvalue weighted by Crippen LogP contribution is -2.62. The van der Waals surface area contributed by atoms with Crippen LogP contribution in [0.15, 0.2) is 0 Å². The molecular weight excluding hydrogens is 238 g/mol. The Kier molecular flexibility index (Phi) is 3.30. The highest BCUT2D eigenvalue weighted by molar-refractivity contribution is 7.90. The summed E-state index contributed by atoms with van der Waals surface area (Å²) in [6, 6.07) is 0.0876. The van der Waals surface area contributed by atoms with Gasteiger partial charge in [-0.25, -0.2) is 12.7 Å². The van der Waals surface area contributed by atoms with Crippen LogP contribution in [0.3, 0.4) is 0 Å². The highest BCUT2D eigenvalue weighted by atomic mass is 32.2. The summed E-state index contributed by atoms with van der Waals surface area (Å²) in [5.41, 5.74) is -0.0767. The molecule has 100 valence electrons. The van der Waals surface area contributed by atoms with Crippen LogP contribution >= 0.6 is 0 Å². The van der Waals surface area contributed by atoms with E-state index < -0.39 is 10.0 Å². The largest absolute Gasteiger partial charge is 0.378 e. The van der Waals surface area contributed by atoms with Gasteiger partial charge in [-0.3, -0.25) is 0 Å². The molecular formula is C12H23NO3S. The van der Waals surface area contributed by atoms with Gasteiger partial charge in [0.15, 0.2) is 0 Å². The molecule has 0 aromatic heterocycles. The average Bonchev–Trinajstić information content (AvgIpc) is 3.06. The van der Waals surface area contributed by atoms with Gasteiger partial charge in [-0.15, -0.1) is 0 Å². The van der Waals surface area contributed by atoms with Crippen molar-refractivity contribution < 1.29 is 13.2 Å². The fraction of sp³-hybridized carbons (Fsp3) is 1.00. The molecule has 0 heterocycles. The van der Waals surface area contributed by atoms with Gasteiger partial charge in [0.05, 0.1) is 11.4 Å². The molecule has 0 N–H and O–H groups in total. The maximum atomic E-state index is 12.2. The standard InChI is InChI=1S/C12H23NO3S/c1-5-16-11-8-10(12(11,2)3)13(4)17(14,15)9-6-7-9/h9-11H,5-8H2,1-4H3/t10-,11-/m0/s1. The molecule has 0 bridgehead atoms. The summed E-state index contributed by atoms with van der Waals surface area (Å²) < 4.78 is 31.6. The maximum absolute atomic E-state index is 12.2. The van der Waals surface area contributed by atoms with Crippen LogP contribution in [-0.4, -0.2) is 43.8 Å². The Bertz CT molecular complexity index is 387. The normalized spacial score (nSPS) is 32.5. The predicted octanol–water partition coefficient (Wildman–Crippen LogP) is 1.61.